The first-order valence-electron chi connectivity index (χ1n) is 13.9. The number of carbonyl (C=O) groups is 2. The number of ether oxygens (including phenoxy) is 1. The van der Waals surface area contributed by atoms with Crippen molar-refractivity contribution < 1.29 is 15.8 Å². The first-order valence-corrected chi connectivity index (χ1v) is 13.9. The van der Waals surface area contributed by atoms with Gasteiger partial charge in [0, 0.05) is 37.9 Å². The molecule has 1 aliphatic carbocycles. The molecular weight excluding hydrogens is 488 g/mol. The van der Waals surface area contributed by atoms with Crippen LogP contribution >= 0.6 is 0 Å². The molecule has 0 unspecified atom stereocenters. The Morgan fingerprint density at radius 3 is 2.41 bits per heavy atom. The zero-order chi connectivity index (χ0) is 28.1. The average Bonchev–Trinajstić information content (AvgIpc) is 3.36. The van der Waals surface area contributed by atoms with Gasteiger partial charge in [-0.05, 0) is 88.8 Å². The van der Waals surface area contributed by atoms with Crippen molar-refractivity contribution in [2.45, 2.75) is 59.4 Å². The number of rotatable bonds is 9. The van der Waals surface area contributed by atoms with Crippen molar-refractivity contribution in [2.24, 2.45) is 11.8 Å². The third-order valence-electron chi connectivity index (χ3n) is 7.48. The summed E-state index contributed by atoms with van der Waals surface area (Å²) in [6.07, 6.45) is 5.53. The highest BCUT2D eigenvalue weighted by Gasteiger charge is 2.33. The summed E-state index contributed by atoms with van der Waals surface area (Å²) in [4.78, 5) is 38.3. The largest absolute Gasteiger partial charge is 0.462 e. The molecule has 0 spiro atoms. The number of hydrogen-bond acceptors (Lipinski definition) is 5. The van der Waals surface area contributed by atoms with E-state index in [2.05, 4.69) is 23.5 Å². The number of benzene rings is 2. The van der Waals surface area contributed by atoms with Gasteiger partial charge in [0.2, 0.25) is 5.91 Å². The monoisotopic (exact) mass is 530 g/mol. The summed E-state index contributed by atoms with van der Waals surface area (Å²) in [5.74, 6) is 0.933. The molecule has 3 aromatic rings. The lowest BCUT2D eigenvalue weighted by molar-refractivity contribution is -0.139. The highest BCUT2D eigenvalue weighted by Crippen LogP contribution is 2.32. The Balaban J connectivity index is 0.00000441. The molecule has 4 rings (SSSR count). The standard InChI is InChI=1S/C32H40N4O3.H2/c1-7-39-32(38)27(23(5)36(21(2)3)31(37)25-14-12-22(4)13-15-25)20-35(6)26-18-16-24(17-19-26)30-33-28-10-8-9-11-29(28)34-30;/h8-11,16-22,25H,5,7,12-15H2,1-4,6H3,(H,33,34);1H/b27-20+;. The molecule has 1 heterocycles. The molecule has 0 bridgehead atoms. The van der Waals surface area contributed by atoms with Crippen molar-refractivity contribution in [3.05, 3.63) is 72.6 Å². The third-order valence-corrected chi connectivity index (χ3v) is 7.48. The molecule has 1 amide bonds. The number of H-pyrrole nitrogens is 1. The van der Waals surface area contributed by atoms with Crippen LogP contribution in [0.5, 0.6) is 0 Å². The van der Waals surface area contributed by atoms with E-state index >= 15 is 0 Å². The van der Waals surface area contributed by atoms with Crippen LogP contribution in [0.2, 0.25) is 0 Å². The molecular formula is C32H42N4O3. The van der Waals surface area contributed by atoms with Crippen LogP contribution in [0.1, 0.15) is 54.8 Å². The summed E-state index contributed by atoms with van der Waals surface area (Å²) in [7, 11) is 1.87. The molecule has 0 aliphatic heterocycles. The van der Waals surface area contributed by atoms with Crippen LogP contribution in [-0.4, -0.2) is 46.4 Å². The van der Waals surface area contributed by atoms with Crippen LogP contribution in [0, 0.1) is 11.8 Å². The van der Waals surface area contributed by atoms with Gasteiger partial charge in [-0.2, -0.15) is 0 Å². The summed E-state index contributed by atoms with van der Waals surface area (Å²) >= 11 is 0. The number of fused-ring (bicyclic) bond motifs is 1. The lowest BCUT2D eigenvalue weighted by atomic mass is 9.82. The summed E-state index contributed by atoms with van der Waals surface area (Å²) in [6, 6.07) is 15.7. The molecule has 2 aromatic carbocycles. The number of nitrogens with one attached hydrogen (secondary N) is 1. The van der Waals surface area contributed by atoms with Crippen molar-refractivity contribution in [3.63, 3.8) is 0 Å². The first kappa shape index (κ1) is 28.1. The Labute approximate surface area is 233 Å². The number of anilines is 1. The van der Waals surface area contributed by atoms with Gasteiger partial charge < -0.3 is 19.5 Å². The van der Waals surface area contributed by atoms with E-state index in [0.29, 0.717) is 11.6 Å². The summed E-state index contributed by atoms with van der Waals surface area (Å²) in [5, 5.41) is 0. The molecule has 1 saturated carbocycles. The van der Waals surface area contributed by atoms with Crippen LogP contribution in [0.4, 0.5) is 5.69 Å². The average molecular weight is 531 g/mol. The van der Waals surface area contributed by atoms with E-state index in [1.807, 2.05) is 74.3 Å². The minimum Gasteiger partial charge on any atom is -0.462 e. The molecule has 1 fully saturated rings. The zero-order valence-electron chi connectivity index (χ0n) is 23.7. The van der Waals surface area contributed by atoms with Crippen molar-refractivity contribution in [2.75, 3.05) is 18.6 Å². The van der Waals surface area contributed by atoms with Gasteiger partial charge in [-0.15, -0.1) is 0 Å². The van der Waals surface area contributed by atoms with Crippen molar-refractivity contribution >= 4 is 28.6 Å². The topological polar surface area (TPSA) is 78.5 Å². The maximum absolute atomic E-state index is 13.6. The van der Waals surface area contributed by atoms with Gasteiger partial charge in [0.05, 0.1) is 28.9 Å². The third kappa shape index (κ3) is 6.41. The van der Waals surface area contributed by atoms with Crippen molar-refractivity contribution in [1.29, 1.82) is 0 Å². The molecule has 1 aromatic heterocycles. The Kier molecular flexibility index (Phi) is 8.90. The molecule has 0 radical (unpaired) electrons. The van der Waals surface area contributed by atoms with E-state index in [1.165, 1.54) is 0 Å². The van der Waals surface area contributed by atoms with E-state index in [4.69, 9.17) is 4.74 Å². The number of hydrogen-bond donors (Lipinski definition) is 1. The molecule has 0 saturated heterocycles. The number of imidazole rings is 1. The fourth-order valence-electron chi connectivity index (χ4n) is 5.20. The minimum absolute atomic E-state index is 0. The van der Waals surface area contributed by atoms with Crippen LogP contribution in [-0.2, 0) is 14.3 Å². The highest BCUT2D eigenvalue weighted by atomic mass is 16.5. The molecule has 0 atom stereocenters. The van der Waals surface area contributed by atoms with Gasteiger partial charge in [0.25, 0.3) is 0 Å². The van der Waals surface area contributed by atoms with Gasteiger partial charge >= 0.3 is 5.97 Å². The highest BCUT2D eigenvalue weighted by molar-refractivity contribution is 5.95. The van der Waals surface area contributed by atoms with E-state index in [1.54, 1.807) is 18.0 Å². The van der Waals surface area contributed by atoms with Crippen molar-refractivity contribution in [3.8, 4) is 11.4 Å². The van der Waals surface area contributed by atoms with Gasteiger partial charge in [0.1, 0.15) is 5.82 Å². The van der Waals surface area contributed by atoms with Gasteiger partial charge in [0.15, 0.2) is 0 Å². The summed E-state index contributed by atoms with van der Waals surface area (Å²) in [5.41, 5.74) is 4.38. The fourth-order valence-corrected chi connectivity index (χ4v) is 5.20. The molecule has 1 N–H and O–H groups in total. The lowest BCUT2D eigenvalue weighted by Gasteiger charge is -2.35. The van der Waals surface area contributed by atoms with Crippen molar-refractivity contribution in [1.82, 2.24) is 14.9 Å². The van der Waals surface area contributed by atoms with E-state index in [0.717, 1.165) is 53.8 Å². The second kappa shape index (κ2) is 12.3. The molecule has 208 valence electrons. The maximum atomic E-state index is 13.6. The Morgan fingerprint density at radius 1 is 1.13 bits per heavy atom. The summed E-state index contributed by atoms with van der Waals surface area (Å²) in [6.45, 7) is 12.4. The Hall–Kier alpha value is -3.87. The SMILES string of the molecule is C=C(/C(=C\N(C)c1ccc(-c2nc3ccccc3[nH]2)cc1)C(=O)OCC)N(C(=O)C1CCC(C)CC1)C(C)C.[HH]. The number of nitrogens with zero attached hydrogens (tertiary/aromatic N) is 3. The van der Waals surface area contributed by atoms with E-state index in [-0.39, 0.29) is 31.5 Å². The predicted octanol–water partition coefficient (Wildman–Crippen LogP) is 6.94. The number of carbonyl (C=O) groups excluding carboxylic acids is 2. The molecule has 7 heteroatoms. The zero-order valence-corrected chi connectivity index (χ0v) is 23.7. The van der Waals surface area contributed by atoms with E-state index in [9.17, 15) is 9.59 Å². The number of para-hydroxylation sites is 2. The molecule has 7 nitrogen and oxygen atoms in total. The van der Waals surface area contributed by atoms with Crippen LogP contribution in [0.25, 0.3) is 22.4 Å². The second-order valence-corrected chi connectivity index (χ2v) is 10.7. The molecule has 1 aliphatic rings. The smallest absolute Gasteiger partial charge is 0.341 e. The predicted molar refractivity (Wildman–Crippen MR) is 159 cm³/mol. The quantitative estimate of drug-likeness (QED) is 0.184. The Bertz CT molecular complexity index is 1320. The van der Waals surface area contributed by atoms with E-state index < -0.39 is 5.97 Å². The van der Waals surface area contributed by atoms with Gasteiger partial charge in [-0.3, -0.25) is 4.79 Å². The lowest BCUT2D eigenvalue weighted by Crippen LogP contribution is -2.42. The van der Waals surface area contributed by atoms with Gasteiger partial charge in [-0.25, -0.2) is 9.78 Å². The number of esters is 1. The van der Waals surface area contributed by atoms with Crippen LogP contribution in [0.15, 0.2) is 72.6 Å². The number of aromatic amines is 1. The number of amides is 1. The first-order chi connectivity index (χ1) is 18.7. The van der Waals surface area contributed by atoms with Gasteiger partial charge in [-0.1, -0.05) is 25.6 Å². The minimum atomic E-state index is -0.496. The number of aromatic nitrogens is 2. The molecule has 39 heavy (non-hydrogen) atoms. The summed E-state index contributed by atoms with van der Waals surface area (Å²) < 4.78 is 5.39. The normalized spacial score (nSPS) is 17.7. The fraction of sp³-hybridized carbons (Fsp3) is 0.406. The Morgan fingerprint density at radius 2 is 1.79 bits per heavy atom. The second-order valence-electron chi connectivity index (χ2n) is 10.7. The maximum Gasteiger partial charge on any atom is 0.341 e. The van der Waals surface area contributed by atoms with Crippen LogP contribution in [0.3, 0.4) is 0 Å². The van der Waals surface area contributed by atoms with Crippen LogP contribution < -0.4 is 4.90 Å².